The van der Waals surface area contributed by atoms with Gasteiger partial charge in [-0.3, -0.25) is 4.99 Å². The molecule has 88 valence electrons. The molecule has 1 aromatic carbocycles. The number of benzene rings is 1. The maximum atomic E-state index is 4.71. The maximum absolute atomic E-state index is 4.71. The van der Waals surface area contributed by atoms with E-state index in [4.69, 9.17) is 4.99 Å². The SMILES string of the molecule is CC(C)N(C[SiH3])C(=NC[SiH3])c1ccccc1. The summed E-state index contributed by atoms with van der Waals surface area (Å²) >= 11 is 0. The zero-order valence-electron chi connectivity index (χ0n) is 10.8. The lowest BCUT2D eigenvalue weighted by Crippen LogP contribution is -2.38. The van der Waals surface area contributed by atoms with Crippen LogP contribution in [0.4, 0.5) is 0 Å². The molecule has 0 aliphatic rings. The van der Waals surface area contributed by atoms with E-state index in [1.165, 1.54) is 21.6 Å². The van der Waals surface area contributed by atoms with E-state index in [0.29, 0.717) is 6.04 Å². The van der Waals surface area contributed by atoms with Gasteiger partial charge in [-0.15, -0.1) is 0 Å². The van der Waals surface area contributed by atoms with Crippen molar-refractivity contribution >= 4 is 26.3 Å². The second kappa shape index (κ2) is 6.65. The Bertz CT molecular complexity index is 336. The van der Waals surface area contributed by atoms with E-state index < -0.39 is 0 Å². The smallest absolute Gasteiger partial charge is 0.130 e. The fourth-order valence-electron chi connectivity index (χ4n) is 1.84. The second-order valence-electron chi connectivity index (χ2n) is 4.04. The predicted octanol–water partition coefficient (Wildman–Crippen LogP) is -0.211. The topological polar surface area (TPSA) is 15.6 Å². The molecule has 0 aromatic heterocycles. The first-order chi connectivity index (χ1) is 7.70. The van der Waals surface area contributed by atoms with E-state index in [1.807, 2.05) is 0 Å². The predicted molar refractivity (Wildman–Crippen MR) is 79.6 cm³/mol. The third-order valence-electron chi connectivity index (χ3n) is 2.58. The van der Waals surface area contributed by atoms with Gasteiger partial charge >= 0.3 is 0 Å². The number of hydrogen-bond donors (Lipinski definition) is 0. The van der Waals surface area contributed by atoms with Crippen molar-refractivity contribution in [1.29, 1.82) is 0 Å². The van der Waals surface area contributed by atoms with Gasteiger partial charge in [0.25, 0.3) is 0 Å². The lowest BCUT2D eigenvalue weighted by molar-refractivity contribution is 0.399. The summed E-state index contributed by atoms with van der Waals surface area (Å²) in [5.41, 5.74) is 1.25. The highest BCUT2D eigenvalue weighted by Gasteiger charge is 2.13. The number of aliphatic imine (C=N–C) groups is 1. The molecule has 2 nitrogen and oxygen atoms in total. The molecule has 0 aliphatic carbocycles. The lowest BCUT2D eigenvalue weighted by atomic mass is 10.2. The standard InChI is InChI=1S/C12H22N2Si2/c1-10(2)14(9-16)12(13-8-15)11-6-4-3-5-7-11/h3-7,10H,8-9H2,1-2,15-16H3. The van der Waals surface area contributed by atoms with Gasteiger partial charge < -0.3 is 4.90 Å². The van der Waals surface area contributed by atoms with Gasteiger partial charge in [-0.1, -0.05) is 30.3 Å². The molecule has 0 atom stereocenters. The first-order valence-electron chi connectivity index (χ1n) is 6.07. The van der Waals surface area contributed by atoms with Gasteiger partial charge in [0.1, 0.15) is 5.84 Å². The Labute approximate surface area is 105 Å². The fraction of sp³-hybridized carbons (Fsp3) is 0.417. The molecule has 0 aliphatic heterocycles. The van der Waals surface area contributed by atoms with E-state index in [9.17, 15) is 0 Å². The van der Waals surface area contributed by atoms with Crippen molar-refractivity contribution in [1.82, 2.24) is 4.90 Å². The molecule has 0 saturated heterocycles. The second-order valence-corrected chi connectivity index (χ2v) is 5.31. The first-order valence-corrected chi connectivity index (χ1v) is 8.90. The van der Waals surface area contributed by atoms with Crippen LogP contribution in [0, 0.1) is 0 Å². The Hall–Kier alpha value is -0.876. The summed E-state index contributed by atoms with van der Waals surface area (Å²) in [4.78, 5) is 7.13. The summed E-state index contributed by atoms with van der Waals surface area (Å²) < 4.78 is 0. The Morgan fingerprint density at radius 1 is 1.25 bits per heavy atom. The van der Waals surface area contributed by atoms with Gasteiger partial charge in [0.2, 0.25) is 0 Å². The Balaban J connectivity index is 3.05. The van der Waals surface area contributed by atoms with Crippen LogP contribution in [0.15, 0.2) is 35.3 Å². The van der Waals surface area contributed by atoms with Crippen molar-refractivity contribution < 1.29 is 0 Å². The van der Waals surface area contributed by atoms with Crippen LogP contribution in [0.25, 0.3) is 0 Å². The zero-order valence-corrected chi connectivity index (χ0v) is 14.8. The average Bonchev–Trinajstić information content (AvgIpc) is 2.29. The minimum Gasteiger partial charge on any atom is -0.358 e. The monoisotopic (exact) mass is 250 g/mol. The summed E-state index contributed by atoms with van der Waals surface area (Å²) in [6.45, 7) is 4.48. The van der Waals surface area contributed by atoms with E-state index >= 15 is 0 Å². The molecule has 1 rings (SSSR count). The highest BCUT2D eigenvalue weighted by atomic mass is 28.1. The van der Waals surface area contributed by atoms with Crippen LogP contribution in [-0.2, 0) is 0 Å². The first kappa shape index (κ1) is 13.2. The molecule has 0 bridgehead atoms. The lowest BCUT2D eigenvalue weighted by Gasteiger charge is -2.29. The van der Waals surface area contributed by atoms with Gasteiger partial charge in [0, 0.05) is 44.4 Å². The molecule has 0 N–H and O–H groups in total. The molecular weight excluding hydrogens is 228 g/mol. The van der Waals surface area contributed by atoms with Crippen molar-refractivity contribution in [2.75, 3.05) is 12.3 Å². The van der Waals surface area contributed by atoms with Crippen LogP contribution in [0.1, 0.15) is 19.4 Å². The van der Waals surface area contributed by atoms with E-state index in [-0.39, 0.29) is 0 Å². The van der Waals surface area contributed by atoms with Crippen molar-refractivity contribution in [2.24, 2.45) is 4.99 Å². The van der Waals surface area contributed by atoms with Gasteiger partial charge in [0.15, 0.2) is 0 Å². The summed E-state index contributed by atoms with van der Waals surface area (Å²) in [5.74, 6) is 1.18. The minimum absolute atomic E-state index is 0.532. The molecule has 0 amide bonds. The van der Waals surface area contributed by atoms with Gasteiger partial charge in [-0.05, 0) is 13.8 Å². The highest BCUT2D eigenvalue weighted by molar-refractivity contribution is 6.13. The molecule has 0 radical (unpaired) electrons. The summed E-state index contributed by atoms with van der Waals surface area (Å²) in [6, 6.07) is 11.1. The maximum Gasteiger partial charge on any atom is 0.130 e. The number of hydrogen-bond acceptors (Lipinski definition) is 1. The van der Waals surface area contributed by atoms with Crippen molar-refractivity contribution in [3.8, 4) is 0 Å². The molecule has 16 heavy (non-hydrogen) atoms. The fourth-order valence-corrected chi connectivity index (χ4v) is 3.17. The minimum atomic E-state index is 0.532. The van der Waals surface area contributed by atoms with Crippen LogP contribution in [0.2, 0.25) is 0 Å². The van der Waals surface area contributed by atoms with Crippen molar-refractivity contribution in [2.45, 2.75) is 19.9 Å². The van der Waals surface area contributed by atoms with Crippen LogP contribution >= 0.6 is 0 Å². The summed E-state index contributed by atoms with van der Waals surface area (Å²) in [6.07, 6.45) is 2.13. The highest BCUT2D eigenvalue weighted by Crippen LogP contribution is 2.08. The molecule has 1 aromatic rings. The summed E-state index contributed by atoms with van der Waals surface area (Å²) in [7, 11) is 2.31. The Morgan fingerprint density at radius 3 is 2.31 bits per heavy atom. The van der Waals surface area contributed by atoms with Gasteiger partial charge in [0.05, 0.1) is 0 Å². The number of rotatable bonds is 4. The normalized spacial score (nSPS) is 12.3. The Morgan fingerprint density at radius 2 is 1.88 bits per heavy atom. The van der Waals surface area contributed by atoms with Gasteiger partial charge in [-0.2, -0.15) is 0 Å². The largest absolute Gasteiger partial charge is 0.358 e. The van der Waals surface area contributed by atoms with E-state index in [1.54, 1.807) is 0 Å². The van der Waals surface area contributed by atoms with Gasteiger partial charge in [-0.25, -0.2) is 0 Å². The van der Waals surface area contributed by atoms with Crippen LogP contribution < -0.4 is 0 Å². The molecule has 0 fully saturated rings. The molecule has 0 heterocycles. The third kappa shape index (κ3) is 3.31. The number of nitrogens with zero attached hydrogens (tertiary/aromatic N) is 2. The van der Waals surface area contributed by atoms with Crippen LogP contribution in [0.3, 0.4) is 0 Å². The molecular formula is C12H22N2Si2. The molecule has 0 unspecified atom stereocenters. The van der Waals surface area contributed by atoms with Crippen molar-refractivity contribution in [3.63, 3.8) is 0 Å². The third-order valence-corrected chi connectivity index (χ3v) is 3.57. The zero-order chi connectivity index (χ0) is 12.0. The quantitative estimate of drug-likeness (QED) is 0.410. The van der Waals surface area contributed by atoms with E-state index in [2.05, 4.69) is 49.1 Å². The average molecular weight is 250 g/mol. The Kier molecular flexibility index (Phi) is 5.48. The molecule has 0 spiro atoms. The molecule has 0 saturated carbocycles. The van der Waals surface area contributed by atoms with E-state index in [0.717, 1.165) is 22.6 Å². The number of amidine groups is 1. The summed E-state index contributed by atoms with van der Waals surface area (Å²) in [5, 5.41) is 0. The molecule has 4 heteroatoms. The van der Waals surface area contributed by atoms with Crippen LogP contribution in [0.5, 0.6) is 0 Å². The van der Waals surface area contributed by atoms with Crippen LogP contribution in [-0.4, -0.2) is 49.6 Å². The van der Waals surface area contributed by atoms with Crippen molar-refractivity contribution in [3.05, 3.63) is 35.9 Å².